The van der Waals surface area contributed by atoms with Gasteiger partial charge in [0.15, 0.2) is 0 Å². The summed E-state index contributed by atoms with van der Waals surface area (Å²) < 4.78 is 9.88. The SMILES string of the molecule is COC(=O)C1CC(O)C(C)N1C(=O)OC(C)(C)C. The minimum atomic E-state index is -0.783. The Hall–Kier alpha value is -1.30. The van der Waals surface area contributed by atoms with Crippen molar-refractivity contribution in [1.29, 1.82) is 0 Å². The van der Waals surface area contributed by atoms with E-state index in [0.717, 1.165) is 0 Å². The van der Waals surface area contributed by atoms with Crippen molar-refractivity contribution in [1.82, 2.24) is 4.90 Å². The Bertz CT molecular complexity index is 336. The van der Waals surface area contributed by atoms with E-state index >= 15 is 0 Å². The van der Waals surface area contributed by atoms with Gasteiger partial charge in [0.2, 0.25) is 0 Å². The monoisotopic (exact) mass is 259 g/mol. The zero-order valence-electron chi connectivity index (χ0n) is 11.5. The van der Waals surface area contributed by atoms with Crippen LogP contribution in [0.5, 0.6) is 0 Å². The molecule has 18 heavy (non-hydrogen) atoms. The highest BCUT2D eigenvalue weighted by Gasteiger charge is 2.46. The molecule has 3 unspecified atom stereocenters. The molecule has 6 nitrogen and oxygen atoms in total. The van der Waals surface area contributed by atoms with E-state index in [2.05, 4.69) is 4.74 Å². The van der Waals surface area contributed by atoms with Crippen LogP contribution in [0.15, 0.2) is 0 Å². The van der Waals surface area contributed by atoms with Gasteiger partial charge in [0.1, 0.15) is 11.6 Å². The molecule has 0 aromatic heterocycles. The molecule has 6 heteroatoms. The molecule has 1 heterocycles. The van der Waals surface area contributed by atoms with Gasteiger partial charge in [-0.05, 0) is 27.7 Å². The zero-order valence-corrected chi connectivity index (χ0v) is 11.5. The van der Waals surface area contributed by atoms with Crippen molar-refractivity contribution in [2.45, 2.75) is 57.9 Å². The van der Waals surface area contributed by atoms with Crippen LogP contribution >= 0.6 is 0 Å². The number of likely N-dealkylation sites (tertiary alicyclic amines) is 1. The summed E-state index contributed by atoms with van der Waals surface area (Å²) in [6, 6.07) is -1.25. The van der Waals surface area contributed by atoms with Crippen molar-refractivity contribution >= 4 is 12.1 Å². The van der Waals surface area contributed by atoms with Gasteiger partial charge in [-0.25, -0.2) is 9.59 Å². The molecule has 0 aliphatic carbocycles. The first-order valence-corrected chi connectivity index (χ1v) is 5.94. The molecule has 1 amide bonds. The highest BCUT2D eigenvalue weighted by molar-refractivity contribution is 5.82. The number of esters is 1. The van der Waals surface area contributed by atoms with Crippen molar-refractivity contribution in [2.75, 3.05) is 7.11 Å². The molecular weight excluding hydrogens is 238 g/mol. The Kier molecular flexibility index (Phi) is 4.21. The van der Waals surface area contributed by atoms with Crippen molar-refractivity contribution in [3.05, 3.63) is 0 Å². The van der Waals surface area contributed by atoms with Gasteiger partial charge in [-0.2, -0.15) is 0 Å². The number of aliphatic hydroxyl groups excluding tert-OH is 1. The lowest BCUT2D eigenvalue weighted by atomic mass is 10.1. The maximum atomic E-state index is 12.0. The number of carbonyl (C=O) groups is 2. The number of ether oxygens (including phenoxy) is 2. The van der Waals surface area contributed by atoms with Crippen LogP contribution in [0.3, 0.4) is 0 Å². The summed E-state index contributed by atoms with van der Waals surface area (Å²) in [6.45, 7) is 6.91. The topological polar surface area (TPSA) is 76.1 Å². The van der Waals surface area contributed by atoms with Crippen LogP contribution in [-0.2, 0) is 14.3 Å². The molecule has 1 rings (SSSR count). The molecule has 1 fully saturated rings. The minimum absolute atomic E-state index is 0.174. The summed E-state index contributed by atoms with van der Waals surface area (Å²) in [5, 5.41) is 9.77. The summed E-state index contributed by atoms with van der Waals surface area (Å²) in [5.41, 5.74) is -0.648. The Morgan fingerprint density at radius 1 is 1.33 bits per heavy atom. The lowest BCUT2D eigenvalue weighted by molar-refractivity contribution is -0.146. The van der Waals surface area contributed by atoms with E-state index < -0.39 is 35.9 Å². The number of carbonyl (C=O) groups excluding carboxylic acids is 2. The second-order valence-corrected chi connectivity index (χ2v) is 5.47. The number of methoxy groups -OCH3 is 1. The fourth-order valence-corrected chi connectivity index (χ4v) is 1.96. The molecule has 104 valence electrons. The van der Waals surface area contributed by atoms with E-state index in [0.29, 0.717) is 0 Å². The van der Waals surface area contributed by atoms with Crippen LogP contribution < -0.4 is 0 Å². The number of amides is 1. The summed E-state index contributed by atoms with van der Waals surface area (Å²) >= 11 is 0. The minimum Gasteiger partial charge on any atom is -0.467 e. The number of hydrogen-bond acceptors (Lipinski definition) is 5. The van der Waals surface area contributed by atoms with E-state index in [9.17, 15) is 14.7 Å². The average Bonchev–Trinajstić information content (AvgIpc) is 2.52. The van der Waals surface area contributed by atoms with Crippen LogP contribution in [-0.4, -0.2) is 53.0 Å². The highest BCUT2D eigenvalue weighted by Crippen LogP contribution is 2.27. The summed E-state index contributed by atoms with van der Waals surface area (Å²) in [7, 11) is 1.25. The van der Waals surface area contributed by atoms with E-state index in [1.165, 1.54) is 12.0 Å². The van der Waals surface area contributed by atoms with Gasteiger partial charge >= 0.3 is 12.1 Å². The molecule has 0 bridgehead atoms. The van der Waals surface area contributed by atoms with Crippen molar-refractivity contribution in [3.8, 4) is 0 Å². The standard InChI is InChI=1S/C12H21NO5/c1-7-9(14)6-8(10(15)17-5)13(7)11(16)18-12(2,3)4/h7-9,14H,6H2,1-5H3. The normalized spacial score (nSPS) is 28.1. The second-order valence-electron chi connectivity index (χ2n) is 5.47. The van der Waals surface area contributed by atoms with Crippen LogP contribution in [0.2, 0.25) is 0 Å². The Balaban J connectivity index is 2.88. The number of aliphatic hydroxyl groups is 1. The van der Waals surface area contributed by atoms with Gasteiger partial charge in [-0.15, -0.1) is 0 Å². The van der Waals surface area contributed by atoms with E-state index in [4.69, 9.17) is 4.74 Å². The van der Waals surface area contributed by atoms with Gasteiger partial charge in [-0.1, -0.05) is 0 Å². The lowest BCUT2D eigenvalue weighted by Crippen LogP contribution is -2.47. The van der Waals surface area contributed by atoms with Crippen LogP contribution in [0, 0.1) is 0 Å². The Morgan fingerprint density at radius 3 is 2.33 bits per heavy atom. The van der Waals surface area contributed by atoms with Gasteiger partial charge in [-0.3, -0.25) is 4.90 Å². The maximum absolute atomic E-state index is 12.0. The Labute approximate surface area is 107 Å². The molecule has 1 aliphatic rings. The predicted octanol–water partition coefficient (Wildman–Crippen LogP) is 0.918. The molecular formula is C12H21NO5. The molecule has 1 N–H and O–H groups in total. The Morgan fingerprint density at radius 2 is 1.89 bits per heavy atom. The van der Waals surface area contributed by atoms with E-state index in [1.807, 2.05) is 0 Å². The summed E-state index contributed by atoms with van der Waals surface area (Å²) in [5.74, 6) is -0.538. The number of nitrogens with zero attached hydrogens (tertiary/aromatic N) is 1. The predicted molar refractivity (Wildman–Crippen MR) is 64.0 cm³/mol. The van der Waals surface area contributed by atoms with Crippen molar-refractivity contribution in [2.24, 2.45) is 0 Å². The molecule has 0 saturated carbocycles. The molecule has 1 aliphatic heterocycles. The zero-order chi connectivity index (χ0) is 14.1. The van der Waals surface area contributed by atoms with E-state index in [-0.39, 0.29) is 6.42 Å². The maximum Gasteiger partial charge on any atom is 0.411 e. The molecule has 0 aromatic carbocycles. The molecule has 0 spiro atoms. The third kappa shape index (κ3) is 3.13. The third-order valence-electron chi connectivity index (χ3n) is 2.87. The molecule has 3 atom stereocenters. The number of rotatable bonds is 1. The fraction of sp³-hybridized carbons (Fsp3) is 0.833. The van der Waals surface area contributed by atoms with Crippen molar-refractivity contribution in [3.63, 3.8) is 0 Å². The van der Waals surface area contributed by atoms with Gasteiger partial charge in [0, 0.05) is 6.42 Å². The molecule has 0 aromatic rings. The highest BCUT2D eigenvalue weighted by atomic mass is 16.6. The smallest absolute Gasteiger partial charge is 0.411 e. The first kappa shape index (κ1) is 14.8. The third-order valence-corrected chi connectivity index (χ3v) is 2.87. The lowest BCUT2D eigenvalue weighted by Gasteiger charge is -2.30. The quantitative estimate of drug-likeness (QED) is 0.709. The van der Waals surface area contributed by atoms with Crippen LogP contribution in [0.4, 0.5) is 4.79 Å². The molecule has 1 saturated heterocycles. The molecule has 0 radical (unpaired) electrons. The van der Waals surface area contributed by atoms with Gasteiger partial charge in [0.05, 0.1) is 19.3 Å². The second kappa shape index (κ2) is 5.14. The van der Waals surface area contributed by atoms with Gasteiger partial charge in [0.25, 0.3) is 0 Å². The fourth-order valence-electron chi connectivity index (χ4n) is 1.96. The number of hydrogen-bond donors (Lipinski definition) is 1. The summed E-state index contributed by atoms with van der Waals surface area (Å²) in [6.07, 6.45) is -1.18. The first-order valence-electron chi connectivity index (χ1n) is 5.94. The largest absolute Gasteiger partial charge is 0.467 e. The average molecular weight is 259 g/mol. The van der Waals surface area contributed by atoms with E-state index in [1.54, 1.807) is 27.7 Å². The first-order chi connectivity index (χ1) is 8.17. The van der Waals surface area contributed by atoms with Crippen molar-refractivity contribution < 1.29 is 24.2 Å². The van der Waals surface area contributed by atoms with Gasteiger partial charge < -0.3 is 14.6 Å². The summed E-state index contributed by atoms with van der Waals surface area (Å²) in [4.78, 5) is 24.9. The van der Waals surface area contributed by atoms with Crippen LogP contribution in [0.1, 0.15) is 34.1 Å². The van der Waals surface area contributed by atoms with Crippen LogP contribution in [0.25, 0.3) is 0 Å².